The maximum absolute atomic E-state index is 8.77. The van der Waals surface area contributed by atoms with Gasteiger partial charge in [-0.1, -0.05) is 0 Å². The van der Waals surface area contributed by atoms with Crippen molar-refractivity contribution in [3.8, 4) is 11.9 Å². The van der Waals surface area contributed by atoms with Crippen LogP contribution in [0.15, 0.2) is 30.6 Å². The lowest BCUT2D eigenvalue weighted by Gasteiger charge is -2.17. The predicted octanol–water partition coefficient (Wildman–Crippen LogP) is 1.69. The van der Waals surface area contributed by atoms with E-state index in [0.717, 1.165) is 31.9 Å². The van der Waals surface area contributed by atoms with Crippen LogP contribution >= 0.6 is 0 Å². The zero-order valence-electron chi connectivity index (χ0n) is 12.9. The van der Waals surface area contributed by atoms with Gasteiger partial charge in [-0.25, -0.2) is 9.97 Å². The van der Waals surface area contributed by atoms with Crippen molar-refractivity contribution in [1.29, 1.82) is 5.26 Å². The molecule has 0 unspecified atom stereocenters. The molecule has 2 aromatic heterocycles. The first-order valence-electron chi connectivity index (χ1n) is 7.50. The molecule has 2 aromatic rings. The number of rotatable bonds is 5. The van der Waals surface area contributed by atoms with E-state index in [2.05, 4.69) is 31.2 Å². The molecule has 0 aliphatic carbocycles. The van der Waals surface area contributed by atoms with E-state index in [9.17, 15) is 0 Å². The summed E-state index contributed by atoms with van der Waals surface area (Å²) in [4.78, 5) is 15.1. The Morgan fingerprint density at radius 2 is 2.30 bits per heavy atom. The number of nitrogens with one attached hydrogen (secondary N) is 1. The summed E-state index contributed by atoms with van der Waals surface area (Å²) in [5.74, 6) is 2.59. The van der Waals surface area contributed by atoms with Crippen LogP contribution in [0.4, 0.5) is 11.8 Å². The highest BCUT2D eigenvalue weighted by molar-refractivity contribution is 5.39. The van der Waals surface area contributed by atoms with Crippen molar-refractivity contribution in [2.45, 2.75) is 6.42 Å². The third-order valence-electron chi connectivity index (χ3n) is 3.86. The Morgan fingerprint density at radius 3 is 3.04 bits per heavy atom. The summed E-state index contributed by atoms with van der Waals surface area (Å²) in [7, 11) is 1.60. The van der Waals surface area contributed by atoms with Crippen molar-refractivity contribution in [3.05, 3.63) is 36.2 Å². The minimum Gasteiger partial charge on any atom is -0.481 e. The average molecular weight is 310 g/mol. The molecule has 0 spiro atoms. The van der Waals surface area contributed by atoms with E-state index in [1.807, 2.05) is 6.07 Å². The van der Waals surface area contributed by atoms with Gasteiger partial charge in [0.05, 0.1) is 12.7 Å². The van der Waals surface area contributed by atoms with Crippen LogP contribution in [0.3, 0.4) is 0 Å². The van der Waals surface area contributed by atoms with Gasteiger partial charge >= 0.3 is 0 Å². The van der Waals surface area contributed by atoms with Crippen LogP contribution in [-0.4, -0.2) is 41.7 Å². The molecule has 3 rings (SSSR count). The van der Waals surface area contributed by atoms with Crippen molar-refractivity contribution in [2.75, 3.05) is 37.0 Å². The maximum Gasteiger partial charge on any atom is 0.228 e. The Balaban J connectivity index is 1.54. The number of hydrogen-bond donors (Lipinski definition) is 1. The molecule has 1 fully saturated rings. The number of pyridine rings is 1. The molecule has 1 N–H and O–H groups in total. The van der Waals surface area contributed by atoms with Gasteiger partial charge in [-0.2, -0.15) is 10.2 Å². The molecule has 1 aliphatic heterocycles. The lowest BCUT2D eigenvalue weighted by molar-refractivity contribution is 0.397. The summed E-state index contributed by atoms with van der Waals surface area (Å²) in [6, 6.07) is 7.40. The maximum atomic E-state index is 8.77. The minimum absolute atomic E-state index is 0.502. The van der Waals surface area contributed by atoms with Crippen LogP contribution in [0, 0.1) is 17.2 Å². The van der Waals surface area contributed by atoms with Crippen LogP contribution in [0.1, 0.15) is 12.0 Å². The Bertz CT molecular complexity index is 696. The molecule has 7 heteroatoms. The number of nitriles is 1. The van der Waals surface area contributed by atoms with E-state index in [1.165, 1.54) is 0 Å². The van der Waals surface area contributed by atoms with Crippen molar-refractivity contribution >= 4 is 11.8 Å². The molecule has 0 aromatic carbocycles. The zero-order chi connectivity index (χ0) is 16.1. The smallest absolute Gasteiger partial charge is 0.228 e. The van der Waals surface area contributed by atoms with Gasteiger partial charge in [-0.15, -0.1) is 0 Å². The van der Waals surface area contributed by atoms with Crippen LogP contribution < -0.4 is 15.0 Å². The number of ether oxygens (including phenoxy) is 1. The largest absolute Gasteiger partial charge is 0.481 e. The van der Waals surface area contributed by atoms with Crippen molar-refractivity contribution in [1.82, 2.24) is 15.0 Å². The van der Waals surface area contributed by atoms with Gasteiger partial charge in [0.1, 0.15) is 11.9 Å². The first-order valence-corrected chi connectivity index (χ1v) is 7.50. The van der Waals surface area contributed by atoms with Crippen LogP contribution in [-0.2, 0) is 0 Å². The zero-order valence-corrected chi connectivity index (χ0v) is 12.9. The van der Waals surface area contributed by atoms with Gasteiger partial charge in [0, 0.05) is 38.1 Å². The number of anilines is 2. The Labute approximate surface area is 135 Å². The summed E-state index contributed by atoms with van der Waals surface area (Å²) in [6.45, 7) is 2.66. The van der Waals surface area contributed by atoms with Gasteiger partial charge < -0.3 is 15.0 Å². The molecule has 0 radical (unpaired) electrons. The molecular formula is C16H18N6O. The van der Waals surface area contributed by atoms with E-state index in [1.54, 1.807) is 31.6 Å². The molecule has 118 valence electrons. The van der Waals surface area contributed by atoms with Crippen molar-refractivity contribution < 1.29 is 4.74 Å². The summed E-state index contributed by atoms with van der Waals surface area (Å²) in [5.41, 5.74) is 0.567. The van der Waals surface area contributed by atoms with E-state index in [4.69, 9.17) is 10.00 Å². The fourth-order valence-corrected chi connectivity index (χ4v) is 2.59. The molecule has 7 nitrogen and oxygen atoms in total. The van der Waals surface area contributed by atoms with E-state index in [0.29, 0.717) is 23.3 Å². The first kappa shape index (κ1) is 15.0. The van der Waals surface area contributed by atoms with Gasteiger partial charge in [-0.3, -0.25) is 0 Å². The lowest BCUT2D eigenvalue weighted by atomic mass is 10.1. The van der Waals surface area contributed by atoms with Crippen molar-refractivity contribution in [3.63, 3.8) is 0 Å². The molecule has 1 saturated heterocycles. The first-order chi connectivity index (χ1) is 11.3. The minimum atomic E-state index is 0.502. The highest BCUT2D eigenvalue weighted by atomic mass is 16.5. The predicted molar refractivity (Wildman–Crippen MR) is 86.3 cm³/mol. The molecule has 0 saturated carbocycles. The summed E-state index contributed by atoms with van der Waals surface area (Å²) < 4.78 is 5.14. The van der Waals surface area contributed by atoms with Gasteiger partial charge in [0.15, 0.2) is 0 Å². The Morgan fingerprint density at radius 1 is 1.39 bits per heavy atom. The van der Waals surface area contributed by atoms with E-state index < -0.39 is 0 Å². The monoisotopic (exact) mass is 310 g/mol. The molecule has 1 aliphatic rings. The quantitative estimate of drug-likeness (QED) is 0.899. The number of nitrogens with zero attached hydrogens (tertiary/aromatic N) is 5. The highest BCUT2D eigenvalue weighted by Gasteiger charge is 2.24. The fraction of sp³-hybridized carbons (Fsp3) is 0.375. The molecule has 3 heterocycles. The summed E-state index contributed by atoms with van der Waals surface area (Å²) >= 11 is 0. The van der Waals surface area contributed by atoms with E-state index >= 15 is 0 Å². The van der Waals surface area contributed by atoms with Crippen LogP contribution in [0.5, 0.6) is 5.88 Å². The third kappa shape index (κ3) is 3.66. The summed E-state index contributed by atoms with van der Waals surface area (Å²) in [6.07, 6.45) is 4.37. The Kier molecular flexibility index (Phi) is 4.52. The molecule has 23 heavy (non-hydrogen) atoms. The molecular weight excluding hydrogens is 292 g/mol. The lowest BCUT2D eigenvalue weighted by Crippen LogP contribution is -2.24. The molecule has 0 bridgehead atoms. The number of methoxy groups -OCH3 is 1. The Hall–Kier alpha value is -2.88. The molecule has 0 amide bonds. The van der Waals surface area contributed by atoms with Gasteiger partial charge in [-0.05, 0) is 24.5 Å². The standard InChI is InChI=1S/C16H18N6O/c1-23-15-4-6-18-16(21-15)22-7-5-13(11-22)10-20-14-3-2-12(8-17)9-19-14/h2-4,6,9,13H,5,7,10-11H2,1H3,(H,19,20)/t13-/m0/s1. The summed E-state index contributed by atoms with van der Waals surface area (Å²) in [5, 5.41) is 12.1. The topological polar surface area (TPSA) is 87.0 Å². The molecule has 1 atom stereocenters. The average Bonchev–Trinajstić information content (AvgIpc) is 3.09. The number of hydrogen-bond acceptors (Lipinski definition) is 7. The second-order valence-corrected chi connectivity index (χ2v) is 5.42. The van der Waals surface area contributed by atoms with E-state index in [-0.39, 0.29) is 0 Å². The second kappa shape index (κ2) is 6.92. The van der Waals surface area contributed by atoms with Crippen LogP contribution in [0.2, 0.25) is 0 Å². The van der Waals surface area contributed by atoms with Gasteiger partial charge in [0.2, 0.25) is 11.8 Å². The fourth-order valence-electron chi connectivity index (χ4n) is 2.59. The SMILES string of the molecule is COc1ccnc(N2CC[C@@H](CNc3ccc(C#N)cn3)C2)n1. The number of aromatic nitrogens is 3. The van der Waals surface area contributed by atoms with Gasteiger partial charge in [0.25, 0.3) is 0 Å². The van der Waals surface area contributed by atoms with Crippen molar-refractivity contribution in [2.24, 2.45) is 5.92 Å². The normalized spacial score (nSPS) is 16.9. The highest BCUT2D eigenvalue weighted by Crippen LogP contribution is 2.22. The third-order valence-corrected chi connectivity index (χ3v) is 3.86. The van der Waals surface area contributed by atoms with Crippen LogP contribution in [0.25, 0.3) is 0 Å². The second-order valence-electron chi connectivity index (χ2n) is 5.42.